The molecule has 0 fully saturated rings. The third-order valence-electron chi connectivity index (χ3n) is 2.80. The second-order valence-corrected chi connectivity index (χ2v) is 4.18. The third kappa shape index (κ3) is 3.71. The van der Waals surface area contributed by atoms with Gasteiger partial charge in [0.25, 0.3) is 0 Å². The quantitative estimate of drug-likeness (QED) is 0.731. The first-order valence-corrected chi connectivity index (χ1v) is 5.98. The lowest BCUT2D eigenvalue weighted by molar-refractivity contribution is 0.561. The number of aromatic nitrogens is 4. The van der Waals surface area contributed by atoms with Crippen LogP contribution in [0.2, 0.25) is 0 Å². The number of imidazole rings is 2. The Morgan fingerprint density at radius 1 is 1.24 bits per heavy atom. The summed E-state index contributed by atoms with van der Waals surface area (Å²) in [5.74, 6) is 0. The summed E-state index contributed by atoms with van der Waals surface area (Å²) in [4.78, 5) is 8.10. The van der Waals surface area contributed by atoms with Gasteiger partial charge in [0.05, 0.1) is 18.3 Å². The predicted molar refractivity (Wildman–Crippen MR) is 66.4 cm³/mol. The van der Waals surface area contributed by atoms with Gasteiger partial charge in [0, 0.05) is 38.7 Å². The molecule has 0 bridgehead atoms. The van der Waals surface area contributed by atoms with Gasteiger partial charge < -0.3 is 14.5 Å². The molecule has 0 unspecified atom stereocenters. The Morgan fingerprint density at radius 2 is 2.18 bits per heavy atom. The second-order valence-electron chi connectivity index (χ2n) is 4.18. The predicted octanol–water partition coefficient (Wildman–Crippen LogP) is 1.19. The fourth-order valence-corrected chi connectivity index (χ4v) is 1.73. The smallest absolute Gasteiger partial charge is 0.0945 e. The van der Waals surface area contributed by atoms with Crippen LogP contribution in [0.3, 0.4) is 0 Å². The van der Waals surface area contributed by atoms with E-state index in [2.05, 4.69) is 19.9 Å². The van der Waals surface area contributed by atoms with Gasteiger partial charge >= 0.3 is 0 Å². The molecule has 0 aliphatic heterocycles. The number of aryl methyl sites for hydroxylation is 2. The molecule has 0 aliphatic rings. The lowest BCUT2D eigenvalue weighted by Crippen LogP contribution is -2.16. The van der Waals surface area contributed by atoms with Crippen LogP contribution >= 0.6 is 0 Å². The highest BCUT2D eigenvalue weighted by Gasteiger charge is 1.97. The largest absolute Gasteiger partial charge is 0.337 e. The summed E-state index contributed by atoms with van der Waals surface area (Å²) < 4.78 is 4.15. The second kappa shape index (κ2) is 6.20. The molecule has 17 heavy (non-hydrogen) atoms. The minimum absolute atomic E-state index is 0.890. The van der Waals surface area contributed by atoms with Gasteiger partial charge in [0.15, 0.2) is 0 Å². The first-order valence-electron chi connectivity index (χ1n) is 5.98. The average Bonchev–Trinajstić information content (AvgIpc) is 2.95. The van der Waals surface area contributed by atoms with Crippen LogP contribution in [0.25, 0.3) is 0 Å². The van der Waals surface area contributed by atoms with E-state index in [1.807, 2.05) is 42.9 Å². The van der Waals surface area contributed by atoms with Crippen LogP contribution in [-0.4, -0.2) is 25.6 Å². The van der Waals surface area contributed by atoms with E-state index in [4.69, 9.17) is 0 Å². The van der Waals surface area contributed by atoms with Gasteiger partial charge in [0.2, 0.25) is 0 Å². The number of hydrogen-bond donors (Lipinski definition) is 1. The van der Waals surface area contributed by atoms with Crippen molar-refractivity contribution in [2.24, 2.45) is 7.05 Å². The van der Waals surface area contributed by atoms with E-state index < -0.39 is 0 Å². The molecule has 2 heterocycles. The molecule has 2 aromatic rings. The van der Waals surface area contributed by atoms with E-state index >= 15 is 0 Å². The highest BCUT2D eigenvalue weighted by molar-refractivity contribution is 4.96. The Labute approximate surface area is 102 Å². The Morgan fingerprint density at radius 3 is 2.88 bits per heavy atom. The molecule has 0 aromatic carbocycles. The van der Waals surface area contributed by atoms with E-state index in [-0.39, 0.29) is 0 Å². The summed E-state index contributed by atoms with van der Waals surface area (Å²) in [5.41, 5.74) is 1.22. The molecule has 0 radical (unpaired) electrons. The number of nitrogens with one attached hydrogen (secondary N) is 1. The van der Waals surface area contributed by atoms with Crippen LogP contribution in [0.15, 0.2) is 31.2 Å². The zero-order valence-corrected chi connectivity index (χ0v) is 10.2. The minimum Gasteiger partial charge on any atom is -0.337 e. The number of nitrogens with zero attached hydrogens (tertiary/aromatic N) is 4. The Bertz CT molecular complexity index is 418. The zero-order valence-electron chi connectivity index (χ0n) is 10.2. The van der Waals surface area contributed by atoms with Gasteiger partial charge in [-0.15, -0.1) is 0 Å². The van der Waals surface area contributed by atoms with Gasteiger partial charge in [-0.05, 0) is 19.4 Å². The van der Waals surface area contributed by atoms with Crippen molar-refractivity contribution in [2.75, 3.05) is 6.54 Å². The summed E-state index contributed by atoms with van der Waals surface area (Å²) in [7, 11) is 2.02. The summed E-state index contributed by atoms with van der Waals surface area (Å²) in [5, 5.41) is 3.42. The van der Waals surface area contributed by atoms with Crippen LogP contribution in [0.5, 0.6) is 0 Å². The molecule has 5 heteroatoms. The summed E-state index contributed by atoms with van der Waals surface area (Å²) in [6, 6.07) is 0. The molecule has 0 atom stereocenters. The summed E-state index contributed by atoms with van der Waals surface area (Å²) >= 11 is 0. The first kappa shape index (κ1) is 11.9. The molecule has 0 amide bonds. The molecule has 1 N–H and O–H groups in total. The molecule has 92 valence electrons. The maximum absolute atomic E-state index is 4.08. The average molecular weight is 233 g/mol. The van der Waals surface area contributed by atoms with Crippen LogP contribution in [-0.2, 0) is 20.1 Å². The number of rotatable bonds is 7. The van der Waals surface area contributed by atoms with Crippen molar-refractivity contribution >= 4 is 0 Å². The van der Waals surface area contributed by atoms with Crippen molar-refractivity contribution in [2.45, 2.75) is 25.9 Å². The van der Waals surface area contributed by atoms with E-state index in [9.17, 15) is 0 Å². The molecule has 5 nitrogen and oxygen atoms in total. The number of unbranched alkanes of at least 4 members (excludes halogenated alkanes) is 1. The van der Waals surface area contributed by atoms with Crippen molar-refractivity contribution < 1.29 is 0 Å². The topological polar surface area (TPSA) is 47.7 Å². The Kier molecular flexibility index (Phi) is 4.32. The minimum atomic E-state index is 0.890. The van der Waals surface area contributed by atoms with Crippen LogP contribution in [0.1, 0.15) is 18.5 Å². The van der Waals surface area contributed by atoms with E-state index in [0.717, 1.165) is 19.6 Å². The van der Waals surface area contributed by atoms with Crippen LogP contribution in [0, 0.1) is 0 Å². The fraction of sp³-hybridized carbons (Fsp3) is 0.500. The van der Waals surface area contributed by atoms with E-state index in [0.29, 0.717) is 0 Å². The highest BCUT2D eigenvalue weighted by Crippen LogP contribution is 1.97. The van der Waals surface area contributed by atoms with Gasteiger partial charge in [-0.2, -0.15) is 0 Å². The lowest BCUT2D eigenvalue weighted by Gasteiger charge is -2.05. The third-order valence-corrected chi connectivity index (χ3v) is 2.80. The van der Waals surface area contributed by atoms with E-state index in [1.54, 1.807) is 0 Å². The first-order chi connectivity index (χ1) is 8.36. The molecular weight excluding hydrogens is 214 g/mol. The van der Waals surface area contributed by atoms with Gasteiger partial charge in [0.1, 0.15) is 0 Å². The van der Waals surface area contributed by atoms with Crippen molar-refractivity contribution in [1.29, 1.82) is 0 Å². The Balaban J connectivity index is 1.54. The summed E-state index contributed by atoms with van der Waals surface area (Å²) in [6.07, 6.45) is 11.8. The van der Waals surface area contributed by atoms with Crippen molar-refractivity contribution in [3.8, 4) is 0 Å². The van der Waals surface area contributed by atoms with E-state index in [1.165, 1.54) is 18.5 Å². The van der Waals surface area contributed by atoms with Crippen molar-refractivity contribution in [3.05, 3.63) is 36.9 Å². The Hall–Kier alpha value is -1.62. The van der Waals surface area contributed by atoms with Crippen LogP contribution in [0.4, 0.5) is 0 Å². The summed E-state index contributed by atoms with van der Waals surface area (Å²) in [6.45, 7) is 2.98. The molecule has 2 rings (SSSR count). The SMILES string of the molecule is Cn1cncc1CNCCCCn1ccnc1. The molecule has 0 saturated carbocycles. The molecular formula is C12H19N5. The van der Waals surface area contributed by atoms with Crippen molar-refractivity contribution in [3.63, 3.8) is 0 Å². The van der Waals surface area contributed by atoms with Crippen LogP contribution < -0.4 is 5.32 Å². The monoisotopic (exact) mass is 233 g/mol. The molecule has 0 aliphatic carbocycles. The normalized spacial score (nSPS) is 10.9. The molecule has 0 saturated heterocycles. The standard InChI is InChI=1S/C12H19N5/c1-16-10-15-9-12(16)8-13-4-2-3-6-17-7-5-14-11-17/h5,7,9-11,13H,2-4,6,8H2,1H3. The van der Waals surface area contributed by atoms with Gasteiger partial charge in [-0.1, -0.05) is 0 Å². The fourth-order valence-electron chi connectivity index (χ4n) is 1.73. The van der Waals surface area contributed by atoms with Gasteiger partial charge in [-0.3, -0.25) is 0 Å². The number of hydrogen-bond acceptors (Lipinski definition) is 3. The zero-order chi connectivity index (χ0) is 11.9. The maximum atomic E-state index is 4.08. The lowest BCUT2D eigenvalue weighted by atomic mass is 10.3. The molecule has 2 aromatic heterocycles. The van der Waals surface area contributed by atoms with Gasteiger partial charge in [-0.25, -0.2) is 9.97 Å². The maximum Gasteiger partial charge on any atom is 0.0945 e. The highest BCUT2D eigenvalue weighted by atomic mass is 15.0. The molecule has 0 spiro atoms. The van der Waals surface area contributed by atoms with Crippen molar-refractivity contribution in [1.82, 2.24) is 24.4 Å².